The van der Waals surface area contributed by atoms with Crippen molar-refractivity contribution >= 4 is 29.1 Å². The van der Waals surface area contributed by atoms with Crippen molar-refractivity contribution in [3.05, 3.63) is 70.3 Å². The molecule has 0 saturated carbocycles. The molecule has 5 nitrogen and oxygen atoms in total. The zero-order valence-corrected chi connectivity index (χ0v) is 16.6. The van der Waals surface area contributed by atoms with Gasteiger partial charge in [0.1, 0.15) is 11.5 Å². The van der Waals surface area contributed by atoms with Crippen LogP contribution in [-0.4, -0.2) is 34.8 Å². The summed E-state index contributed by atoms with van der Waals surface area (Å²) in [7, 11) is 0. The predicted octanol–water partition coefficient (Wildman–Crippen LogP) is 4.57. The molecule has 1 saturated heterocycles. The average molecular weight is 400 g/mol. The second-order valence-corrected chi connectivity index (χ2v) is 6.94. The molecule has 1 unspecified atom stereocenters. The molecule has 1 aliphatic rings. The summed E-state index contributed by atoms with van der Waals surface area (Å²) in [6.45, 7) is 4.79. The molecule has 1 aliphatic heterocycles. The van der Waals surface area contributed by atoms with E-state index in [2.05, 4.69) is 0 Å². The van der Waals surface area contributed by atoms with E-state index in [9.17, 15) is 14.7 Å². The molecule has 0 radical (unpaired) electrons. The number of likely N-dealkylation sites (tertiary alicyclic amines) is 1. The number of carbonyl (C=O) groups is 2. The van der Waals surface area contributed by atoms with Gasteiger partial charge in [-0.25, -0.2) is 0 Å². The van der Waals surface area contributed by atoms with Crippen molar-refractivity contribution in [2.75, 3.05) is 13.2 Å². The monoisotopic (exact) mass is 399 g/mol. The third-order valence-corrected chi connectivity index (χ3v) is 4.84. The number of hydrogen-bond acceptors (Lipinski definition) is 4. The van der Waals surface area contributed by atoms with Crippen molar-refractivity contribution in [3.63, 3.8) is 0 Å². The van der Waals surface area contributed by atoms with Gasteiger partial charge in [-0.15, -0.1) is 0 Å². The highest BCUT2D eigenvalue weighted by Crippen LogP contribution is 2.40. The largest absolute Gasteiger partial charge is 0.507 e. The Kier molecular flexibility index (Phi) is 6.05. The van der Waals surface area contributed by atoms with Gasteiger partial charge in [-0.2, -0.15) is 0 Å². The topological polar surface area (TPSA) is 66.8 Å². The van der Waals surface area contributed by atoms with E-state index in [1.165, 1.54) is 4.90 Å². The molecule has 0 aromatic heterocycles. The molecule has 6 heteroatoms. The van der Waals surface area contributed by atoms with Crippen molar-refractivity contribution in [1.29, 1.82) is 0 Å². The number of hydrogen-bond donors (Lipinski definition) is 1. The van der Waals surface area contributed by atoms with Crippen molar-refractivity contribution < 1.29 is 19.4 Å². The van der Waals surface area contributed by atoms with Crippen LogP contribution in [0.4, 0.5) is 0 Å². The van der Waals surface area contributed by atoms with Crippen molar-refractivity contribution in [2.24, 2.45) is 0 Å². The zero-order valence-electron chi connectivity index (χ0n) is 15.8. The number of Topliss-reactive ketones (excluding diaryl/α,β-unsaturated/α-hetero) is 1. The lowest BCUT2D eigenvalue weighted by molar-refractivity contribution is -0.139. The van der Waals surface area contributed by atoms with Crippen LogP contribution >= 0.6 is 11.6 Å². The third-order valence-electron chi connectivity index (χ3n) is 4.61. The van der Waals surface area contributed by atoms with Crippen molar-refractivity contribution in [3.8, 4) is 5.75 Å². The Labute approximate surface area is 169 Å². The lowest BCUT2D eigenvalue weighted by atomic mass is 9.95. The van der Waals surface area contributed by atoms with Gasteiger partial charge >= 0.3 is 0 Å². The van der Waals surface area contributed by atoms with E-state index < -0.39 is 17.7 Å². The number of benzene rings is 2. The molecule has 1 atom stereocenters. The Morgan fingerprint density at radius 2 is 1.86 bits per heavy atom. The van der Waals surface area contributed by atoms with Gasteiger partial charge in [0.25, 0.3) is 11.7 Å². The lowest BCUT2D eigenvalue weighted by Gasteiger charge is -2.25. The Hall–Kier alpha value is -2.79. The van der Waals surface area contributed by atoms with Gasteiger partial charge in [-0.3, -0.25) is 9.59 Å². The normalized spacial score (nSPS) is 18.5. The number of halogens is 1. The van der Waals surface area contributed by atoms with Gasteiger partial charge in [0, 0.05) is 17.1 Å². The van der Waals surface area contributed by atoms with E-state index in [4.69, 9.17) is 16.3 Å². The van der Waals surface area contributed by atoms with E-state index in [1.807, 2.05) is 26.0 Å². The molecular formula is C22H22ClNO4. The van der Waals surface area contributed by atoms with Gasteiger partial charge in [0.05, 0.1) is 18.2 Å². The van der Waals surface area contributed by atoms with E-state index in [0.29, 0.717) is 35.9 Å². The zero-order chi connectivity index (χ0) is 20.3. The second kappa shape index (κ2) is 8.48. The Morgan fingerprint density at radius 1 is 1.14 bits per heavy atom. The van der Waals surface area contributed by atoms with E-state index in [1.54, 1.807) is 36.4 Å². The van der Waals surface area contributed by atoms with Crippen LogP contribution < -0.4 is 4.74 Å². The van der Waals surface area contributed by atoms with E-state index in [0.717, 1.165) is 5.56 Å². The molecule has 0 aliphatic carbocycles. The summed E-state index contributed by atoms with van der Waals surface area (Å²) in [5.74, 6) is -0.819. The maximum atomic E-state index is 12.8. The number of rotatable bonds is 6. The highest BCUT2D eigenvalue weighted by Gasteiger charge is 2.45. The smallest absolute Gasteiger partial charge is 0.295 e. The summed E-state index contributed by atoms with van der Waals surface area (Å²) in [6, 6.07) is 13.2. The first-order valence-corrected chi connectivity index (χ1v) is 9.62. The summed E-state index contributed by atoms with van der Waals surface area (Å²) < 4.78 is 5.47. The van der Waals surface area contributed by atoms with Gasteiger partial charge in [0.2, 0.25) is 0 Å². The van der Waals surface area contributed by atoms with Gasteiger partial charge in [0.15, 0.2) is 0 Å². The number of carbonyl (C=O) groups excluding carboxylic acids is 2. The molecular weight excluding hydrogens is 378 g/mol. The number of ether oxygens (including phenoxy) is 1. The SMILES string of the molecule is CCCN1C(=O)C(=O)/C(=C(\O)c2cccc(Cl)c2)C1c1ccc(OCC)cc1. The highest BCUT2D eigenvalue weighted by atomic mass is 35.5. The second-order valence-electron chi connectivity index (χ2n) is 6.50. The fourth-order valence-corrected chi connectivity index (χ4v) is 3.59. The maximum absolute atomic E-state index is 12.8. The molecule has 146 valence electrons. The van der Waals surface area contributed by atoms with Crippen LogP contribution in [0.25, 0.3) is 5.76 Å². The summed E-state index contributed by atoms with van der Waals surface area (Å²) in [5.41, 5.74) is 1.21. The third kappa shape index (κ3) is 3.76. The quantitative estimate of drug-likeness (QED) is 0.439. The molecule has 1 N–H and O–H groups in total. The molecule has 1 heterocycles. The molecule has 1 fully saturated rings. The first-order chi connectivity index (χ1) is 13.5. The minimum atomic E-state index is -0.690. The maximum Gasteiger partial charge on any atom is 0.295 e. The molecule has 3 rings (SSSR count). The fraction of sp³-hybridized carbons (Fsp3) is 0.273. The summed E-state index contributed by atoms with van der Waals surface area (Å²) in [6.07, 6.45) is 0.692. The first-order valence-electron chi connectivity index (χ1n) is 9.25. The lowest BCUT2D eigenvalue weighted by Crippen LogP contribution is -2.30. The number of aliphatic hydroxyl groups is 1. The molecule has 0 spiro atoms. The highest BCUT2D eigenvalue weighted by molar-refractivity contribution is 6.46. The Morgan fingerprint density at radius 3 is 2.46 bits per heavy atom. The van der Waals surface area contributed by atoms with Crippen LogP contribution in [0.3, 0.4) is 0 Å². The van der Waals surface area contributed by atoms with Gasteiger partial charge < -0.3 is 14.7 Å². The number of ketones is 1. The van der Waals surface area contributed by atoms with Gasteiger partial charge in [-0.05, 0) is 43.2 Å². The molecule has 2 aromatic rings. The molecule has 1 amide bonds. The minimum Gasteiger partial charge on any atom is -0.507 e. The summed E-state index contributed by atoms with van der Waals surface area (Å²) >= 11 is 6.03. The first kappa shape index (κ1) is 20.0. The van der Waals surface area contributed by atoms with Crippen LogP contribution in [0.1, 0.15) is 37.4 Å². The number of nitrogens with zero attached hydrogens (tertiary/aromatic N) is 1. The van der Waals surface area contributed by atoms with Crippen molar-refractivity contribution in [1.82, 2.24) is 4.90 Å². The van der Waals surface area contributed by atoms with E-state index >= 15 is 0 Å². The Balaban J connectivity index is 2.13. The van der Waals surface area contributed by atoms with Gasteiger partial charge in [-0.1, -0.05) is 42.8 Å². The molecule has 28 heavy (non-hydrogen) atoms. The van der Waals surface area contributed by atoms with Crippen molar-refractivity contribution in [2.45, 2.75) is 26.3 Å². The average Bonchev–Trinajstić information content (AvgIpc) is 2.93. The van der Waals surface area contributed by atoms with Crippen LogP contribution in [0.5, 0.6) is 5.75 Å². The predicted molar refractivity (Wildman–Crippen MR) is 108 cm³/mol. The Bertz CT molecular complexity index is 920. The number of amides is 1. The molecule has 2 aromatic carbocycles. The van der Waals surface area contributed by atoms with Crippen LogP contribution in [0.2, 0.25) is 5.02 Å². The van der Waals surface area contributed by atoms with Crippen LogP contribution in [-0.2, 0) is 9.59 Å². The summed E-state index contributed by atoms with van der Waals surface area (Å²) in [5, 5.41) is 11.3. The fourth-order valence-electron chi connectivity index (χ4n) is 3.40. The van der Waals surface area contributed by atoms with Crippen LogP contribution in [0, 0.1) is 0 Å². The minimum absolute atomic E-state index is 0.0740. The summed E-state index contributed by atoms with van der Waals surface area (Å²) in [4.78, 5) is 26.9. The van der Waals surface area contributed by atoms with E-state index in [-0.39, 0.29) is 11.3 Å². The molecule has 0 bridgehead atoms. The van der Waals surface area contributed by atoms with Crippen LogP contribution in [0.15, 0.2) is 54.1 Å². The standard InChI is InChI=1S/C22H22ClNO4/c1-3-12-24-19(14-8-10-17(11-9-14)28-4-2)18(21(26)22(24)27)20(25)15-6-5-7-16(23)13-15/h5-11,13,19,25H,3-4,12H2,1-2H3/b20-18-. The number of aliphatic hydroxyl groups excluding tert-OH is 1.